The molecule has 0 saturated heterocycles. The molecule has 0 aromatic heterocycles. The van der Waals surface area contributed by atoms with Crippen LogP contribution in [-0.4, -0.2) is 23.3 Å². The Bertz CT molecular complexity index is 1060. The van der Waals surface area contributed by atoms with E-state index < -0.39 is 11.5 Å². The standard InChI is InChI=1S/C26H25NO3/c1-2-3-17-27-23-12-8-7-11-22(23)26(30,25(27)29)18-24(28)21-15-13-20(14-16-21)19-9-5-4-6-10-19/h4-16,30H,2-3,17-18H2,1H3/t26-/m0/s1. The van der Waals surface area contributed by atoms with Crippen LogP contribution >= 0.6 is 0 Å². The van der Waals surface area contributed by atoms with Gasteiger partial charge < -0.3 is 10.0 Å². The maximum atomic E-state index is 13.1. The van der Waals surface area contributed by atoms with Crippen molar-refractivity contribution in [3.05, 3.63) is 90.0 Å². The molecular weight excluding hydrogens is 374 g/mol. The van der Waals surface area contributed by atoms with Crippen LogP contribution in [0.4, 0.5) is 5.69 Å². The fraction of sp³-hybridized carbons (Fsp3) is 0.231. The highest BCUT2D eigenvalue weighted by molar-refractivity contribution is 6.10. The predicted molar refractivity (Wildman–Crippen MR) is 118 cm³/mol. The molecule has 0 fully saturated rings. The molecule has 4 nitrogen and oxygen atoms in total. The number of hydrogen-bond donors (Lipinski definition) is 1. The third-order valence-corrected chi connectivity index (χ3v) is 5.71. The van der Waals surface area contributed by atoms with Gasteiger partial charge in [-0.15, -0.1) is 0 Å². The minimum Gasteiger partial charge on any atom is -0.375 e. The second-order valence-electron chi connectivity index (χ2n) is 7.73. The SMILES string of the molecule is CCCCN1C(=O)[C@](O)(CC(=O)c2ccc(-c3ccccc3)cc2)c2ccccc21. The molecule has 1 amide bonds. The average Bonchev–Trinajstić information content (AvgIpc) is 3.00. The van der Waals surface area contributed by atoms with E-state index in [1.165, 1.54) is 0 Å². The fourth-order valence-electron chi connectivity index (χ4n) is 4.03. The smallest absolute Gasteiger partial charge is 0.264 e. The first kappa shape index (κ1) is 20.0. The van der Waals surface area contributed by atoms with Gasteiger partial charge in [-0.25, -0.2) is 0 Å². The molecule has 152 valence electrons. The summed E-state index contributed by atoms with van der Waals surface area (Å²) in [6.45, 7) is 2.59. The topological polar surface area (TPSA) is 57.6 Å². The first-order chi connectivity index (χ1) is 14.5. The number of carbonyl (C=O) groups excluding carboxylic acids is 2. The molecule has 1 aliphatic rings. The number of carbonyl (C=O) groups is 2. The molecule has 3 aromatic rings. The van der Waals surface area contributed by atoms with Crippen molar-refractivity contribution in [2.24, 2.45) is 0 Å². The van der Waals surface area contributed by atoms with Crippen LogP contribution in [0.25, 0.3) is 11.1 Å². The lowest BCUT2D eigenvalue weighted by Crippen LogP contribution is -2.42. The van der Waals surface area contributed by atoms with E-state index in [1.807, 2.05) is 54.6 Å². The van der Waals surface area contributed by atoms with Crippen molar-refractivity contribution in [2.45, 2.75) is 31.8 Å². The number of ketones is 1. The number of amides is 1. The molecule has 0 bridgehead atoms. The van der Waals surface area contributed by atoms with Crippen molar-refractivity contribution in [3.8, 4) is 11.1 Å². The Morgan fingerprint density at radius 3 is 2.23 bits per heavy atom. The van der Waals surface area contributed by atoms with Gasteiger partial charge in [-0.3, -0.25) is 9.59 Å². The van der Waals surface area contributed by atoms with Gasteiger partial charge in [-0.2, -0.15) is 0 Å². The number of benzene rings is 3. The second kappa shape index (κ2) is 8.25. The summed E-state index contributed by atoms with van der Waals surface area (Å²) in [5, 5.41) is 11.3. The number of rotatable bonds is 7. The van der Waals surface area contributed by atoms with Crippen LogP contribution in [0.3, 0.4) is 0 Å². The van der Waals surface area contributed by atoms with Gasteiger partial charge in [0.1, 0.15) is 0 Å². The molecule has 1 atom stereocenters. The van der Waals surface area contributed by atoms with Crippen molar-refractivity contribution < 1.29 is 14.7 Å². The van der Waals surface area contributed by atoms with E-state index in [0.29, 0.717) is 23.4 Å². The van der Waals surface area contributed by atoms with E-state index in [-0.39, 0.29) is 12.2 Å². The molecule has 1 N–H and O–H groups in total. The van der Waals surface area contributed by atoms with Crippen molar-refractivity contribution in [1.82, 2.24) is 0 Å². The zero-order valence-corrected chi connectivity index (χ0v) is 17.0. The van der Waals surface area contributed by atoms with Gasteiger partial charge in [0, 0.05) is 17.7 Å². The lowest BCUT2D eigenvalue weighted by molar-refractivity contribution is -0.135. The van der Waals surface area contributed by atoms with Crippen LogP contribution in [0.1, 0.15) is 42.1 Å². The van der Waals surface area contributed by atoms with Crippen LogP contribution in [0.5, 0.6) is 0 Å². The summed E-state index contributed by atoms with van der Waals surface area (Å²) in [6.07, 6.45) is 1.51. The third-order valence-electron chi connectivity index (χ3n) is 5.71. The van der Waals surface area contributed by atoms with E-state index >= 15 is 0 Å². The summed E-state index contributed by atoms with van der Waals surface area (Å²) in [4.78, 5) is 27.7. The van der Waals surface area contributed by atoms with Gasteiger partial charge in [0.2, 0.25) is 0 Å². The number of fused-ring (bicyclic) bond motifs is 1. The Kier molecular flexibility index (Phi) is 5.51. The molecular formula is C26H25NO3. The minimum absolute atomic E-state index is 0.252. The van der Waals surface area contributed by atoms with Crippen molar-refractivity contribution in [1.29, 1.82) is 0 Å². The predicted octanol–water partition coefficient (Wildman–Crippen LogP) is 4.96. The molecule has 0 unspecified atom stereocenters. The minimum atomic E-state index is -1.82. The van der Waals surface area contributed by atoms with Crippen LogP contribution < -0.4 is 4.90 Å². The number of hydrogen-bond acceptors (Lipinski definition) is 3. The normalized spacial score (nSPS) is 17.8. The van der Waals surface area contributed by atoms with Gasteiger partial charge in [-0.05, 0) is 23.6 Å². The summed E-state index contributed by atoms with van der Waals surface area (Å²) >= 11 is 0. The van der Waals surface area contributed by atoms with Crippen molar-refractivity contribution in [2.75, 3.05) is 11.4 Å². The average molecular weight is 399 g/mol. The molecule has 4 heteroatoms. The molecule has 0 aliphatic carbocycles. The first-order valence-corrected chi connectivity index (χ1v) is 10.4. The van der Waals surface area contributed by atoms with E-state index in [9.17, 15) is 14.7 Å². The maximum Gasteiger partial charge on any atom is 0.264 e. The molecule has 30 heavy (non-hydrogen) atoms. The van der Waals surface area contributed by atoms with Gasteiger partial charge >= 0.3 is 0 Å². The first-order valence-electron chi connectivity index (χ1n) is 10.4. The quantitative estimate of drug-likeness (QED) is 0.571. The van der Waals surface area contributed by atoms with Gasteiger partial charge in [-0.1, -0.05) is 86.1 Å². The molecule has 0 spiro atoms. The van der Waals surface area contributed by atoms with E-state index in [1.54, 1.807) is 29.2 Å². The monoisotopic (exact) mass is 399 g/mol. The summed E-state index contributed by atoms with van der Waals surface area (Å²) in [5.74, 6) is -0.663. The van der Waals surface area contributed by atoms with Crippen LogP contribution in [0.2, 0.25) is 0 Å². The molecule has 1 heterocycles. The lowest BCUT2D eigenvalue weighted by atomic mass is 9.88. The van der Waals surface area contributed by atoms with Crippen molar-refractivity contribution >= 4 is 17.4 Å². The Labute approximate surface area is 176 Å². The van der Waals surface area contributed by atoms with Crippen molar-refractivity contribution in [3.63, 3.8) is 0 Å². The molecule has 3 aromatic carbocycles. The van der Waals surface area contributed by atoms with Crippen LogP contribution in [0.15, 0.2) is 78.9 Å². The molecule has 1 aliphatic heterocycles. The van der Waals surface area contributed by atoms with Gasteiger partial charge in [0.15, 0.2) is 11.4 Å². The summed E-state index contributed by atoms with van der Waals surface area (Å²) in [7, 11) is 0. The van der Waals surface area contributed by atoms with Crippen LogP contribution in [-0.2, 0) is 10.4 Å². The molecule has 0 saturated carbocycles. The number of anilines is 1. The van der Waals surface area contributed by atoms with E-state index in [0.717, 1.165) is 24.0 Å². The summed E-state index contributed by atoms with van der Waals surface area (Å²) in [5.41, 5.74) is 1.96. The summed E-state index contributed by atoms with van der Waals surface area (Å²) in [6, 6.07) is 24.4. The molecule has 4 rings (SSSR count). The van der Waals surface area contributed by atoms with E-state index in [4.69, 9.17) is 0 Å². The number of Topliss-reactive ketones (excluding diaryl/α,β-unsaturated/α-hetero) is 1. The number of para-hydroxylation sites is 1. The number of nitrogens with zero attached hydrogens (tertiary/aromatic N) is 1. The van der Waals surface area contributed by atoms with E-state index in [2.05, 4.69) is 6.92 Å². The van der Waals surface area contributed by atoms with Crippen LogP contribution in [0, 0.1) is 0 Å². The Morgan fingerprint density at radius 2 is 1.53 bits per heavy atom. The second-order valence-corrected chi connectivity index (χ2v) is 7.73. The Morgan fingerprint density at radius 1 is 0.900 bits per heavy atom. The van der Waals surface area contributed by atoms with Gasteiger partial charge in [0.25, 0.3) is 5.91 Å². The fourth-order valence-corrected chi connectivity index (χ4v) is 4.03. The zero-order chi connectivity index (χ0) is 21.1. The molecule has 0 radical (unpaired) electrons. The summed E-state index contributed by atoms with van der Waals surface area (Å²) < 4.78 is 0. The Balaban J connectivity index is 1.58. The highest BCUT2D eigenvalue weighted by Gasteiger charge is 2.50. The highest BCUT2D eigenvalue weighted by atomic mass is 16.3. The zero-order valence-electron chi connectivity index (χ0n) is 17.0. The maximum absolute atomic E-state index is 13.1. The largest absolute Gasteiger partial charge is 0.375 e. The Hall–Kier alpha value is -3.24. The number of aliphatic hydroxyl groups is 1. The lowest BCUT2D eigenvalue weighted by Gasteiger charge is -2.22. The third kappa shape index (κ3) is 3.55. The number of unbranched alkanes of at least 4 members (excludes halogenated alkanes) is 1. The highest BCUT2D eigenvalue weighted by Crippen LogP contribution is 2.43. The van der Waals surface area contributed by atoms with Gasteiger partial charge in [0.05, 0.1) is 12.1 Å².